The molecule has 0 N–H and O–H groups in total. The molecule has 0 aliphatic carbocycles. The second kappa shape index (κ2) is 6.84. The molecule has 0 spiro atoms. The van der Waals surface area contributed by atoms with Gasteiger partial charge in [-0.05, 0) is 18.6 Å². The fourth-order valence-corrected chi connectivity index (χ4v) is 3.35. The number of pyridine rings is 1. The SMILES string of the molecule is CN(C)C(=O)C[C@@H]1C[C@H]2CN(C(=O)Cc3ccc(F)cn3)C[C@H]2O1. The molecule has 2 aliphatic heterocycles. The van der Waals surface area contributed by atoms with Crippen LogP contribution in [0.1, 0.15) is 18.5 Å². The maximum atomic E-state index is 12.9. The lowest BCUT2D eigenvalue weighted by molar-refractivity contribution is -0.133. The van der Waals surface area contributed by atoms with Gasteiger partial charge in [-0.15, -0.1) is 0 Å². The zero-order valence-electron chi connectivity index (χ0n) is 13.9. The first-order valence-electron chi connectivity index (χ1n) is 8.16. The summed E-state index contributed by atoms with van der Waals surface area (Å²) in [5.41, 5.74) is 0.564. The molecule has 0 radical (unpaired) electrons. The van der Waals surface area contributed by atoms with Gasteiger partial charge in [-0.3, -0.25) is 14.6 Å². The van der Waals surface area contributed by atoms with Crippen molar-refractivity contribution in [1.82, 2.24) is 14.8 Å². The first kappa shape index (κ1) is 16.8. The van der Waals surface area contributed by atoms with Crippen molar-refractivity contribution in [3.63, 3.8) is 0 Å². The summed E-state index contributed by atoms with van der Waals surface area (Å²) in [7, 11) is 3.48. The number of likely N-dealkylation sites (tertiary alicyclic amines) is 1. The van der Waals surface area contributed by atoms with Crippen LogP contribution in [0, 0.1) is 11.7 Å². The summed E-state index contributed by atoms with van der Waals surface area (Å²) in [4.78, 5) is 31.4. The lowest BCUT2D eigenvalue weighted by Gasteiger charge is -2.20. The molecule has 2 fully saturated rings. The molecule has 2 saturated heterocycles. The van der Waals surface area contributed by atoms with E-state index in [1.54, 1.807) is 23.9 Å². The van der Waals surface area contributed by atoms with E-state index in [0.717, 1.165) is 12.6 Å². The van der Waals surface area contributed by atoms with Crippen molar-refractivity contribution in [2.24, 2.45) is 5.92 Å². The summed E-state index contributed by atoms with van der Waals surface area (Å²) >= 11 is 0. The minimum Gasteiger partial charge on any atom is -0.372 e. The lowest BCUT2D eigenvalue weighted by Crippen LogP contribution is -2.33. The van der Waals surface area contributed by atoms with Crippen molar-refractivity contribution in [2.75, 3.05) is 27.2 Å². The Hall–Kier alpha value is -2.02. The molecule has 6 nitrogen and oxygen atoms in total. The second-order valence-corrected chi connectivity index (χ2v) is 6.73. The smallest absolute Gasteiger partial charge is 0.228 e. The molecular weight excluding hydrogens is 313 g/mol. The summed E-state index contributed by atoms with van der Waals surface area (Å²) < 4.78 is 18.8. The van der Waals surface area contributed by atoms with Crippen molar-refractivity contribution in [3.8, 4) is 0 Å². The highest BCUT2D eigenvalue weighted by atomic mass is 19.1. The van der Waals surface area contributed by atoms with Gasteiger partial charge < -0.3 is 14.5 Å². The molecule has 2 amide bonds. The standard InChI is InChI=1S/C17H22FN3O3/c1-20(2)16(22)7-14-5-11-9-21(10-15(11)24-14)17(23)6-13-4-3-12(18)8-19-13/h3-4,8,11,14-15H,5-7,9-10H2,1-2H3/t11-,14-,15+/m0/s1. The number of hydrogen-bond donors (Lipinski definition) is 0. The Morgan fingerprint density at radius 1 is 1.38 bits per heavy atom. The lowest BCUT2D eigenvalue weighted by atomic mass is 10.0. The van der Waals surface area contributed by atoms with Crippen molar-refractivity contribution in [1.29, 1.82) is 0 Å². The fourth-order valence-electron chi connectivity index (χ4n) is 3.35. The molecule has 3 heterocycles. The van der Waals surface area contributed by atoms with Crippen LogP contribution >= 0.6 is 0 Å². The van der Waals surface area contributed by atoms with Crippen molar-refractivity contribution >= 4 is 11.8 Å². The number of amides is 2. The van der Waals surface area contributed by atoms with E-state index in [4.69, 9.17) is 4.74 Å². The van der Waals surface area contributed by atoms with E-state index >= 15 is 0 Å². The van der Waals surface area contributed by atoms with Crippen LogP contribution in [0.15, 0.2) is 18.3 Å². The Balaban J connectivity index is 1.50. The van der Waals surface area contributed by atoms with Crippen LogP contribution in [-0.2, 0) is 20.7 Å². The average molecular weight is 335 g/mol. The molecule has 3 atom stereocenters. The van der Waals surface area contributed by atoms with E-state index in [9.17, 15) is 14.0 Å². The maximum absolute atomic E-state index is 12.9. The van der Waals surface area contributed by atoms with Gasteiger partial charge in [-0.2, -0.15) is 0 Å². The zero-order chi connectivity index (χ0) is 17.3. The van der Waals surface area contributed by atoms with E-state index < -0.39 is 5.82 Å². The fraction of sp³-hybridized carbons (Fsp3) is 0.588. The minimum atomic E-state index is -0.409. The van der Waals surface area contributed by atoms with Crippen LogP contribution in [0.3, 0.4) is 0 Å². The van der Waals surface area contributed by atoms with Crippen LogP contribution < -0.4 is 0 Å². The van der Waals surface area contributed by atoms with Crippen LogP contribution in [0.5, 0.6) is 0 Å². The third-order valence-corrected chi connectivity index (χ3v) is 4.69. The Labute approximate surface area is 140 Å². The predicted molar refractivity (Wildman–Crippen MR) is 84.6 cm³/mol. The van der Waals surface area contributed by atoms with E-state index in [1.807, 2.05) is 0 Å². The normalized spacial score (nSPS) is 25.6. The van der Waals surface area contributed by atoms with Crippen LogP contribution in [0.4, 0.5) is 4.39 Å². The van der Waals surface area contributed by atoms with Gasteiger partial charge in [0.25, 0.3) is 0 Å². The number of ether oxygens (including phenoxy) is 1. The molecule has 1 aromatic rings. The third kappa shape index (κ3) is 3.72. The number of fused-ring (bicyclic) bond motifs is 1. The second-order valence-electron chi connectivity index (χ2n) is 6.73. The number of nitrogens with zero attached hydrogens (tertiary/aromatic N) is 3. The third-order valence-electron chi connectivity index (χ3n) is 4.69. The summed E-state index contributed by atoms with van der Waals surface area (Å²) in [6, 6.07) is 2.84. The van der Waals surface area contributed by atoms with E-state index in [2.05, 4.69) is 4.98 Å². The molecule has 0 aromatic carbocycles. The average Bonchev–Trinajstić information content (AvgIpc) is 3.07. The number of aromatic nitrogens is 1. The van der Waals surface area contributed by atoms with Gasteiger partial charge in [0, 0.05) is 38.8 Å². The molecule has 130 valence electrons. The molecule has 0 saturated carbocycles. The maximum Gasteiger partial charge on any atom is 0.228 e. The molecule has 0 bridgehead atoms. The monoisotopic (exact) mass is 335 g/mol. The molecule has 1 aromatic heterocycles. The van der Waals surface area contributed by atoms with Gasteiger partial charge in [-0.1, -0.05) is 0 Å². The predicted octanol–water partition coefficient (Wildman–Crippen LogP) is 0.857. The topological polar surface area (TPSA) is 62.7 Å². The van der Waals surface area contributed by atoms with E-state index in [-0.39, 0.29) is 36.4 Å². The zero-order valence-corrected chi connectivity index (χ0v) is 13.9. The highest BCUT2D eigenvalue weighted by Gasteiger charge is 2.43. The van der Waals surface area contributed by atoms with Crippen LogP contribution in [-0.4, -0.2) is 66.0 Å². The van der Waals surface area contributed by atoms with Gasteiger partial charge in [0.2, 0.25) is 11.8 Å². The van der Waals surface area contributed by atoms with Gasteiger partial charge in [-0.25, -0.2) is 4.39 Å². The summed E-state index contributed by atoms with van der Waals surface area (Å²) in [5.74, 6) is -0.0768. The van der Waals surface area contributed by atoms with Crippen molar-refractivity contribution < 1.29 is 18.7 Å². The van der Waals surface area contributed by atoms with Crippen LogP contribution in [0.2, 0.25) is 0 Å². The Morgan fingerprint density at radius 2 is 2.17 bits per heavy atom. The first-order valence-corrected chi connectivity index (χ1v) is 8.16. The number of hydrogen-bond acceptors (Lipinski definition) is 4. The van der Waals surface area contributed by atoms with Gasteiger partial charge in [0.05, 0.1) is 31.2 Å². The first-order chi connectivity index (χ1) is 11.4. The molecular formula is C17H22FN3O3. The Kier molecular flexibility index (Phi) is 4.80. The largest absolute Gasteiger partial charge is 0.372 e. The van der Waals surface area contributed by atoms with Gasteiger partial charge in [0.15, 0.2) is 0 Å². The number of rotatable bonds is 4. The minimum absolute atomic E-state index is 0.00934. The van der Waals surface area contributed by atoms with Gasteiger partial charge >= 0.3 is 0 Å². The van der Waals surface area contributed by atoms with Crippen LogP contribution in [0.25, 0.3) is 0 Å². The quantitative estimate of drug-likeness (QED) is 0.819. The molecule has 24 heavy (non-hydrogen) atoms. The van der Waals surface area contributed by atoms with Crippen molar-refractivity contribution in [3.05, 3.63) is 29.8 Å². The molecule has 7 heteroatoms. The molecule has 3 rings (SSSR count). The molecule has 2 aliphatic rings. The van der Waals surface area contributed by atoms with E-state index in [1.165, 1.54) is 12.1 Å². The number of halogens is 1. The van der Waals surface area contributed by atoms with Crippen molar-refractivity contribution in [2.45, 2.75) is 31.5 Å². The summed E-state index contributed by atoms with van der Waals surface area (Å²) in [5, 5.41) is 0. The highest BCUT2D eigenvalue weighted by Crippen LogP contribution is 2.34. The Bertz CT molecular complexity index is 606. The number of carbonyl (C=O) groups excluding carboxylic acids is 2. The van der Waals surface area contributed by atoms with E-state index in [0.29, 0.717) is 25.2 Å². The number of carbonyl (C=O) groups is 2. The Morgan fingerprint density at radius 3 is 2.79 bits per heavy atom. The van der Waals surface area contributed by atoms with Gasteiger partial charge in [0.1, 0.15) is 5.82 Å². The summed E-state index contributed by atoms with van der Waals surface area (Å²) in [6.45, 7) is 1.20. The highest BCUT2D eigenvalue weighted by molar-refractivity contribution is 5.79. The molecule has 0 unspecified atom stereocenters. The summed E-state index contributed by atoms with van der Waals surface area (Å²) in [6.07, 6.45) is 2.45.